The number of carbonyl (C=O) groups excluding carboxylic acids is 1. The molecule has 0 fully saturated rings. The van der Waals surface area contributed by atoms with E-state index in [4.69, 9.17) is 9.94 Å². The summed E-state index contributed by atoms with van der Waals surface area (Å²) >= 11 is 0. The fourth-order valence-electron chi connectivity index (χ4n) is 3.51. The SMILES string of the molecule is COc1ccc(-c2cc(C)c3c(=O)n(CC[C@](C)(C(=O)NO)S(C)(=O)=O)cnc3c2)cc1. The Morgan fingerprint density at radius 2 is 1.88 bits per heavy atom. The summed E-state index contributed by atoms with van der Waals surface area (Å²) in [7, 11) is -2.27. The Labute approximate surface area is 185 Å². The van der Waals surface area contributed by atoms with E-state index < -0.39 is 20.5 Å². The van der Waals surface area contributed by atoms with Gasteiger partial charge in [-0.3, -0.25) is 19.4 Å². The smallest absolute Gasteiger partial charge is 0.264 e. The highest BCUT2D eigenvalue weighted by Gasteiger charge is 2.43. The molecule has 0 bridgehead atoms. The number of fused-ring (bicyclic) bond motifs is 1. The van der Waals surface area contributed by atoms with Crippen molar-refractivity contribution in [2.45, 2.75) is 31.6 Å². The molecule has 0 saturated carbocycles. The van der Waals surface area contributed by atoms with Crippen LogP contribution >= 0.6 is 0 Å². The Morgan fingerprint density at radius 3 is 2.44 bits per heavy atom. The predicted molar refractivity (Wildman–Crippen MR) is 121 cm³/mol. The molecule has 1 aromatic heterocycles. The van der Waals surface area contributed by atoms with E-state index >= 15 is 0 Å². The minimum Gasteiger partial charge on any atom is -0.497 e. The van der Waals surface area contributed by atoms with E-state index in [2.05, 4.69) is 4.98 Å². The molecule has 0 saturated heterocycles. The molecule has 2 aromatic carbocycles. The highest BCUT2D eigenvalue weighted by molar-refractivity contribution is 7.92. The van der Waals surface area contributed by atoms with Gasteiger partial charge in [0.15, 0.2) is 14.6 Å². The number of aromatic nitrogens is 2. The van der Waals surface area contributed by atoms with Crippen LogP contribution in [0.2, 0.25) is 0 Å². The first-order chi connectivity index (χ1) is 15.0. The number of carbonyl (C=O) groups is 1. The number of nitrogens with one attached hydrogen (secondary N) is 1. The van der Waals surface area contributed by atoms with Crippen LogP contribution in [0.15, 0.2) is 47.5 Å². The van der Waals surface area contributed by atoms with Gasteiger partial charge in [0.25, 0.3) is 11.5 Å². The van der Waals surface area contributed by atoms with Gasteiger partial charge in [0.05, 0.1) is 24.3 Å². The fourth-order valence-corrected chi connectivity index (χ4v) is 4.35. The highest BCUT2D eigenvalue weighted by atomic mass is 32.2. The van der Waals surface area contributed by atoms with Gasteiger partial charge in [0.1, 0.15) is 5.75 Å². The lowest BCUT2D eigenvalue weighted by atomic mass is 10.0. The van der Waals surface area contributed by atoms with E-state index in [9.17, 15) is 18.0 Å². The number of ether oxygens (including phenoxy) is 1. The van der Waals surface area contributed by atoms with E-state index in [0.29, 0.717) is 10.9 Å². The van der Waals surface area contributed by atoms with Crippen molar-refractivity contribution in [3.8, 4) is 16.9 Å². The van der Waals surface area contributed by atoms with Crippen LogP contribution in [-0.2, 0) is 21.2 Å². The zero-order valence-corrected chi connectivity index (χ0v) is 19.1. The molecule has 0 aliphatic rings. The molecule has 32 heavy (non-hydrogen) atoms. The minimum atomic E-state index is -3.87. The molecule has 2 N–H and O–H groups in total. The van der Waals surface area contributed by atoms with Crippen LogP contribution in [0.4, 0.5) is 0 Å². The molecule has 0 unspecified atom stereocenters. The lowest BCUT2D eigenvalue weighted by Crippen LogP contribution is -2.50. The predicted octanol–water partition coefficient (Wildman–Crippen LogP) is 2.08. The number of benzene rings is 2. The first-order valence-electron chi connectivity index (χ1n) is 9.80. The number of rotatable bonds is 7. The summed E-state index contributed by atoms with van der Waals surface area (Å²) in [5.74, 6) is -0.314. The van der Waals surface area contributed by atoms with Crippen molar-refractivity contribution in [1.29, 1.82) is 0 Å². The van der Waals surface area contributed by atoms with Crippen LogP contribution in [0.1, 0.15) is 18.9 Å². The van der Waals surface area contributed by atoms with Gasteiger partial charge in [-0.05, 0) is 55.2 Å². The molecule has 0 spiro atoms. The molecule has 3 aromatic rings. The first-order valence-corrected chi connectivity index (χ1v) is 11.7. The van der Waals surface area contributed by atoms with Gasteiger partial charge in [-0.1, -0.05) is 18.2 Å². The van der Waals surface area contributed by atoms with E-state index in [1.165, 1.54) is 23.3 Å². The second-order valence-corrected chi connectivity index (χ2v) is 10.3. The third-order valence-electron chi connectivity index (χ3n) is 5.78. The highest BCUT2D eigenvalue weighted by Crippen LogP contribution is 2.27. The summed E-state index contributed by atoms with van der Waals surface area (Å²) in [6.45, 7) is 2.95. The Kier molecular flexibility index (Phi) is 6.38. The van der Waals surface area contributed by atoms with Gasteiger partial charge in [-0.2, -0.15) is 0 Å². The standard InChI is InChI=1S/C22H25N3O6S/c1-14-11-16(15-5-7-17(31-3)8-6-15)12-18-19(14)20(26)25(13-23-18)10-9-22(2,21(27)24-28)32(4,29)30/h5-8,11-13,28H,9-10H2,1-4H3,(H,24,27)/t22-/m1/s1. The van der Waals surface area contributed by atoms with Crippen LogP contribution in [0.3, 0.4) is 0 Å². The Hall–Kier alpha value is -3.24. The van der Waals surface area contributed by atoms with Crippen molar-refractivity contribution in [2.75, 3.05) is 13.4 Å². The summed E-state index contributed by atoms with van der Waals surface area (Å²) in [6.07, 6.45) is 2.03. The fraction of sp³-hybridized carbons (Fsp3) is 0.318. The Morgan fingerprint density at radius 1 is 1.22 bits per heavy atom. The maximum absolute atomic E-state index is 13.1. The van der Waals surface area contributed by atoms with Crippen molar-refractivity contribution in [3.05, 3.63) is 58.6 Å². The van der Waals surface area contributed by atoms with Crippen LogP contribution in [0.5, 0.6) is 5.75 Å². The largest absolute Gasteiger partial charge is 0.497 e. The lowest BCUT2D eigenvalue weighted by molar-refractivity contribution is -0.131. The minimum absolute atomic E-state index is 0.0710. The van der Waals surface area contributed by atoms with Gasteiger partial charge >= 0.3 is 0 Å². The number of sulfone groups is 1. The van der Waals surface area contributed by atoms with Gasteiger partial charge < -0.3 is 4.74 Å². The lowest BCUT2D eigenvalue weighted by Gasteiger charge is -2.25. The van der Waals surface area contributed by atoms with E-state index in [1.807, 2.05) is 43.3 Å². The van der Waals surface area contributed by atoms with E-state index in [-0.39, 0.29) is 18.5 Å². The summed E-state index contributed by atoms with van der Waals surface area (Å²) < 4.78 is 28.9. The summed E-state index contributed by atoms with van der Waals surface area (Å²) in [5.41, 5.74) is 4.13. The Balaban J connectivity index is 1.99. The normalized spacial score (nSPS) is 13.5. The van der Waals surface area contributed by atoms with Gasteiger partial charge in [-0.25, -0.2) is 18.9 Å². The zero-order valence-electron chi connectivity index (χ0n) is 18.2. The number of nitrogens with zero attached hydrogens (tertiary/aromatic N) is 2. The molecule has 3 rings (SSSR count). The average Bonchev–Trinajstić information content (AvgIpc) is 2.76. The molecule has 1 atom stereocenters. The van der Waals surface area contributed by atoms with Crippen LogP contribution in [0.25, 0.3) is 22.0 Å². The van der Waals surface area contributed by atoms with Crippen LogP contribution < -0.4 is 15.8 Å². The maximum atomic E-state index is 13.1. The van der Waals surface area contributed by atoms with Gasteiger partial charge in [-0.15, -0.1) is 0 Å². The third kappa shape index (κ3) is 4.23. The van der Waals surface area contributed by atoms with E-state index in [0.717, 1.165) is 28.7 Å². The number of methoxy groups -OCH3 is 1. The number of hydroxylamine groups is 1. The molecule has 9 nitrogen and oxygen atoms in total. The average molecular weight is 460 g/mol. The van der Waals surface area contributed by atoms with Crippen LogP contribution in [-0.4, -0.2) is 47.2 Å². The first kappa shape index (κ1) is 23.4. The summed E-state index contributed by atoms with van der Waals surface area (Å²) in [6, 6.07) is 11.2. The summed E-state index contributed by atoms with van der Waals surface area (Å²) in [4.78, 5) is 29.5. The van der Waals surface area contributed by atoms with Crippen molar-refractivity contribution >= 4 is 26.6 Å². The second-order valence-electron chi connectivity index (χ2n) is 7.85. The topological polar surface area (TPSA) is 128 Å². The third-order valence-corrected chi connectivity index (χ3v) is 7.81. The molecule has 0 aliphatic heterocycles. The molecule has 0 aliphatic carbocycles. The molecule has 1 heterocycles. The van der Waals surface area contributed by atoms with Crippen molar-refractivity contribution in [3.63, 3.8) is 0 Å². The number of hydrogen-bond acceptors (Lipinski definition) is 7. The monoisotopic (exact) mass is 459 g/mol. The molecule has 170 valence electrons. The van der Waals surface area contributed by atoms with E-state index in [1.54, 1.807) is 7.11 Å². The van der Waals surface area contributed by atoms with Crippen molar-refractivity contribution in [2.24, 2.45) is 0 Å². The number of hydrogen-bond donors (Lipinski definition) is 2. The number of aryl methyl sites for hydroxylation is 2. The molecule has 10 heteroatoms. The van der Waals surface area contributed by atoms with Gasteiger partial charge in [0.2, 0.25) is 0 Å². The molecular formula is C22H25N3O6S. The van der Waals surface area contributed by atoms with Crippen molar-refractivity contribution in [1.82, 2.24) is 15.0 Å². The van der Waals surface area contributed by atoms with Crippen LogP contribution in [0, 0.1) is 6.92 Å². The molecule has 1 amide bonds. The number of amides is 1. The zero-order chi connectivity index (χ0) is 23.7. The van der Waals surface area contributed by atoms with Crippen molar-refractivity contribution < 1.29 is 23.2 Å². The quantitative estimate of drug-likeness (QED) is 0.409. The molecule has 0 radical (unpaired) electrons. The second kappa shape index (κ2) is 8.71. The summed E-state index contributed by atoms with van der Waals surface area (Å²) in [5, 5.41) is 9.37. The molecular weight excluding hydrogens is 434 g/mol. The van der Waals surface area contributed by atoms with Gasteiger partial charge in [0, 0.05) is 12.8 Å². The maximum Gasteiger partial charge on any atom is 0.264 e. The Bertz CT molecular complexity index is 1330.